The van der Waals surface area contributed by atoms with Gasteiger partial charge in [-0.3, -0.25) is 14.4 Å². The highest BCUT2D eigenvalue weighted by atomic mass is 28.4. The van der Waals surface area contributed by atoms with E-state index in [9.17, 15) is 9.59 Å². The fraction of sp³-hybridized carbons (Fsp3) is 0.444. The summed E-state index contributed by atoms with van der Waals surface area (Å²) in [4.78, 5) is 36.1. The molecule has 1 N–H and O–H groups in total. The smallest absolute Gasteiger partial charge is 0.282 e. The van der Waals surface area contributed by atoms with Gasteiger partial charge in [0.1, 0.15) is 17.9 Å². The first-order chi connectivity index (χ1) is 16.9. The summed E-state index contributed by atoms with van der Waals surface area (Å²) in [5.74, 6) is -0.518. The minimum Gasteiger partial charge on any atom is -0.399 e. The lowest BCUT2D eigenvalue weighted by molar-refractivity contribution is -0.0758. The minimum absolute atomic E-state index is 0.0119. The lowest BCUT2D eigenvalue weighted by Gasteiger charge is -2.36. The summed E-state index contributed by atoms with van der Waals surface area (Å²) < 4.78 is 8.16. The van der Waals surface area contributed by atoms with E-state index in [-0.39, 0.29) is 28.8 Å². The van der Waals surface area contributed by atoms with Crippen LogP contribution in [0.15, 0.2) is 47.5 Å². The highest BCUT2D eigenvalue weighted by Crippen LogP contribution is 2.37. The van der Waals surface area contributed by atoms with Crippen molar-refractivity contribution in [3.05, 3.63) is 69.6 Å². The fourth-order valence-corrected chi connectivity index (χ4v) is 5.10. The maximum absolute atomic E-state index is 13.5. The van der Waals surface area contributed by atoms with E-state index in [2.05, 4.69) is 68.4 Å². The van der Waals surface area contributed by atoms with E-state index >= 15 is 0 Å². The predicted octanol–water partition coefficient (Wildman–Crippen LogP) is 4.59. The number of aromatic nitrogens is 2. The molecule has 36 heavy (non-hydrogen) atoms. The van der Waals surface area contributed by atoms with Crippen molar-refractivity contribution in [2.45, 2.75) is 64.5 Å². The van der Waals surface area contributed by atoms with Gasteiger partial charge in [-0.2, -0.15) is 0 Å². The minimum atomic E-state index is -2.09. The van der Waals surface area contributed by atoms with E-state index < -0.39 is 14.2 Å². The van der Waals surface area contributed by atoms with Crippen LogP contribution in [-0.2, 0) is 28.8 Å². The van der Waals surface area contributed by atoms with Crippen LogP contribution in [0.5, 0.6) is 0 Å². The number of fused-ring (bicyclic) bond motifs is 2. The molecule has 1 aliphatic rings. The van der Waals surface area contributed by atoms with Gasteiger partial charge in [-0.1, -0.05) is 45.0 Å². The third-order valence-electron chi connectivity index (χ3n) is 7.50. The van der Waals surface area contributed by atoms with Crippen LogP contribution in [-0.4, -0.2) is 49.0 Å². The van der Waals surface area contributed by atoms with Crippen LogP contribution in [0.2, 0.25) is 18.1 Å². The second-order valence-electron chi connectivity index (χ2n) is 11.0. The summed E-state index contributed by atoms with van der Waals surface area (Å²) in [5, 5.41) is 4.96. The number of rotatable bonds is 7. The molecule has 0 atom stereocenters. The Labute approximate surface area is 213 Å². The molecule has 9 heteroatoms. The molecule has 1 amide bonds. The van der Waals surface area contributed by atoms with Gasteiger partial charge in [-0.05, 0) is 48.2 Å². The summed E-state index contributed by atoms with van der Waals surface area (Å²) in [6.07, 6.45) is 5.10. The normalized spacial score (nSPS) is 14.2. The first-order valence-electron chi connectivity index (χ1n) is 12.2. The summed E-state index contributed by atoms with van der Waals surface area (Å²) in [7, 11) is 0.785. The zero-order chi connectivity index (χ0) is 26.3. The summed E-state index contributed by atoms with van der Waals surface area (Å²) in [5.41, 5.74) is 3.54. The first-order valence-corrected chi connectivity index (χ1v) is 15.1. The molecule has 8 nitrogen and oxygen atoms in total. The molecular weight excluding hydrogens is 472 g/mol. The fourth-order valence-electron chi connectivity index (χ4n) is 4.20. The SMILES string of the molecule is CON(C)C(=O)c1cn(CO[Si](C)(C)C(C)(C)C)c2ncc(NC3Cc4ccccc4C3)cc2c1=O. The highest BCUT2D eigenvalue weighted by molar-refractivity contribution is 6.74. The molecule has 4 rings (SSSR count). The number of amides is 1. The van der Waals surface area contributed by atoms with Gasteiger partial charge in [0, 0.05) is 19.3 Å². The van der Waals surface area contributed by atoms with Gasteiger partial charge >= 0.3 is 0 Å². The molecule has 2 aromatic heterocycles. The van der Waals surface area contributed by atoms with Gasteiger partial charge < -0.3 is 14.3 Å². The monoisotopic (exact) mass is 508 g/mol. The maximum atomic E-state index is 13.5. The van der Waals surface area contributed by atoms with Gasteiger partial charge in [0.2, 0.25) is 5.43 Å². The van der Waals surface area contributed by atoms with Crippen LogP contribution in [0.25, 0.3) is 11.0 Å². The van der Waals surface area contributed by atoms with Crippen molar-refractivity contribution in [2.24, 2.45) is 0 Å². The first kappa shape index (κ1) is 26.1. The Hall–Kier alpha value is -3.01. The molecular formula is C27H36N4O4Si. The Kier molecular flexibility index (Phi) is 7.09. The van der Waals surface area contributed by atoms with Crippen LogP contribution >= 0.6 is 0 Å². The Balaban J connectivity index is 1.71. The molecule has 0 fully saturated rings. The lowest BCUT2D eigenvalue weighted by Crippen LogP contribution is -2.41. The summed E-state index contributed by atoms with van der Waals surface area (Å²) in [6, 6.07) is 10.4. The number of nitrogens with one attached hydrogen (secondary N) is 1. The molecule has 192 valence electrons. The molecule has 0 saturated heterocycles. The summed E-state index contributed by atoms with van der Waals surface area (Å²) >= 11 is 0. The van der Waals surface area contributed by atoms with Gasteiger partial charge in [-0.25, -0.2) is 10.0 Å². The van der Waals surface area contributed by atoms with E-state index in [1.807, 2.05) is 0 Å². The number of hydroxylamine groups is 2. The number of hydrogen-bond donors (Lipinski definition) is 1. The van der Waals surface area contributed by atoms with Crippen molar-refractivity contribution in [1.29, 1.82) is 0 Å². The van der Waals surface area contributed by atoms with Crippen LogP contribution in [0.3, 0.4) is 0 Å². The molecule has 0 unspecified atom stereocenters. The average molecular weight is 509 g/mol. The van der Waals surface area contributed by atoms with Crippen molar-refractivity contribution in [1.82, 2.24) is 14.6 Å². The van der Waals surface area contributed by atoms with Crippen molar-refractivity contribution in [3.8, 4) is 0 Å². The lowest BCUT2D eigenvalue weighted by atomic mass is 10.1. The van der Waals surface area contributed by atoms with E-state index in [0.717, 1.165) is 23.6 Å². The van der Waals surface area contributed by atoms with Gasteiger partial charge in [0.05, 0.1) is 24.4 Å². The second-order valence-corrected chi connectivity index (χ2v) is 15.8. The Bertz CT molecular complexity index is 1320. The van der Waals surface area contributed by atoms with Crippen molar-refractivity contribution >= 4 is 30.9 Å². The van der Waals surface area contributed by atoms with Crippen LogP contribution in [0.1, 0.15) is 42.3 Å². The molecule has 3 aromatic rings. The Morgan fingerprint density at radius 3 is 2.44 bits per heavy atom. The molecule has 0 bridgehead atoms. The zero-order valence-corrected chi connectivity index (χ0v) is 23.2. The third kappa shape index (κ3) is 5.09. The quantitative estimate of drug-likeness (QED) is 0.371. The number of anilines is 1. The molecule has 1 aromatic carbocycles. The standard InChI is InChI=1S/C27H36N4O4Si/c1-27(2,3)36(6,7)35-17-31-16-23(26(33)30(4)34-5)24(32)22-14-21(15-28-25(22)31)29-20-12-18-10-8-9-11-19(18)13-20/h8-11,14-16,20,29H,12-13,17H2,1-7H3. The van der Waals surface area contributed by atoms with E-state index in [0.29, 0.717) is 11.0 Å². The number of hydrogen-bond acceptors (Lipinski definition) is 6. The topological polar surface area (TPSA) is 85.7 Å². The predicted molar refractivity (Wildman–Crippen MR) is 145 cm³/mol. The third-order valence-corrected chi connectivity index (χ3v) is 12.0. The van der Waals surface area contributed by atoms with Crippen molar-refractivity contribution < 1.29 is 14.1 Å². The van der Waals surface area contributed by atoms with Crippen LogP contribution in [0, 0.1) is 0 Å². The van der Waals surface area contributed by atoms with Crippen LogP contribution in [0.4, 0.5) is 5.69 Å². The largest absolute Gasteiger partial charge is 0.399 e. The van der Waals surface area contributed by atoms with E-state index in [4.69, 9.17) is 9.26 Å². The molecule has 1 aliphatic carbocycles. The number of benzene rings is 1. The Morgan fingerprint density at radius 1 is 1.22 bits per heavy atom. The zero-order valence-electron chi connectivity index (χ0n) is 22.2. The number of carbonyl (C=O) groups excluding carboxylic acids is 1. The second kappa shape index (κ2) is 9.80. The van der Waals surface area contributed by atoms with Gasteiger partial charge in [0.25, 0.3) is 5.91 Å². The molecule has 0 saturated carbocycles. The number of carbonyl (C=O) groups is 1. The molecule has 0 aliphatic heterocycles. The molecule has 0 spiro atoms. The van der Waals surface area contributed by atoms with Crippen LogP contribution < -0.4 is 10.7 Å². The van der Waals surface area contributed by atoms with Gasteiger partial charge in [0.15, 0.2) is 8.32 Å². The average Bonchev–Trinajstić information content (AvgIpc) is 3.24. The van der Waals surface area contributed by atoms with Crippen molar-refractivity contribution in [2.75, 3.05) is 19.5 Å². The van der Waals surface area contributed by atoms with E-state index in [1.165, 1.54) is 31.5 Å². The highest BCUT2D eigenvalue weighted by Gasteiger charge is 2.37. The van der Waals surface area contributed by atoms with Crippen molar-refractivity contribution in [3.63, 3.8) is 0 Å². The number of pyridine rings is 2. The molecule has 2 heterocycles. The van der Waals surface area contributed by atoms with E-state index in [1.54, 1.807) is 16.8 Å². The number of nitrogens with zero attached hydrogens (tertiary/aromatic N) is 3. The van der Waals surface area contributed by atoms with Gasteiger partial charge in [-0.15, -0.1) is 0 Å². The Morgan fingerprint density at radius 2 is 1.86 bits per heavy atom. The molecule has 0 radical (unpaired) electrons. The summed E-state index contributed by atoms with van der Waals surface area (Å²) in [6.45, 7) is 11.0. The maximum Gasteiger partial charge on any atom is 0.282 e.